The highest BCUT2D eigenvalue weighted by molar-refractivity contribution is 5.90. The van der Waals surface area contributed by atoms with E-state index in [0.717, 1.165) is 12.0 Å². The molecule has 0 aliphatic carbocycles. The van der Waals surface area contributed by atoms with E-state index in [0.29, 0.717) is 25.3 Å². The summed E-state index contributed by atoms with van der Waals surface area (Å²) in [5, 5.41) is 25.1. The van der Waals surface area contributed by atoms with E-state index in [1.807, 2.05) is 30.3 Å². The first-order chi connectivity index (χ1) is 14.2. The average molecular weight is 421 g/mol. The van der Waals surface area contributed by atoms with Gasteiger partial charge in [0.2, 0.25) is 11.8 Å². The summed E-state index contributed by atoms with van der Waals surface area (Å²) in [4.78, 5) is 35.6. The van der Waals surface area contributed by atoms with Crippen molar-refractivity contribution in [2.24, 2.45) is 5.92 Å². The first-order valence-electron chi connectivity index (χ1n) is 10.1. The van der Waals surface area contributed by atoms with Gasteiger partial charge in [0.1, 0.15) is 6.04 Å². The Balaban J connectivity index is 2.64. The number of hydrogen-bond acceptors (Lipinski definition) is 5. The van der Waals surface area contributed by atoms with Crippen LogP contribution in [0.1, 0.15) is 51.5 Å². The Bertz CT molecular complexity index is 711. The third-order valence-corrected chi connectivity index (χ3v) is 4.52. The highest BCUT2D eigenvalue weighted by atomic mass is 16.7. The van der Waals surface area contributed by atoms with Crippen LogP contribution in [0.2, 0.25) is 0 Å². The molecule has 2 atom stereocenters. The Morgan fingerprint density at radius 3 is 2.30 bits per heavy atom. The van der Waals surface area contributed by atoms with Gasteiger partial charge >= 0.3 is 0 Å². The number of nitro groups is 1. The maximum atomic E-state index is 12.7. The zero-order valence-electron chi connectivity index (χ0n) is 17.7. The van der Waals surface area contributed by atoms with E-state index in [1.165, 1.54) is 0 Å². The van der Waals surface area contributed by atoms with Crippen LogP contribution >= 0.6 is 0 Å². The SMILES string of the molecule is CC(C)CCNC(=O)[C@H](CCCNC(=N)N[N+](=O)[O-])NC(=O)[C@@H](C)c1ccccc1. The number of guanidine groups is 1. The second kappa shape index (κ2) is 13.1. The van der Waals surface area contributed by atoms with E-state index < -0.39 is 23.0 Å². The quantitative estimate of drug-likeness (QED) is 0.114. The van der Waals surface area contributed by atoms with Gasteiger partial charge in [-0.25, -0.2) is 10.1 Å². The molecule has 10 heteroatoms. The minimum Gasteiger partial charge on any atom is -0.354 e. The van der Waals surface area contributed by atoms with E-state index in [-0.39, 0.29) is 18.4 Å². The topological polar surface area (TPSA) is 149 Å². The lowest BCUT2D eigenvalue weighted by atomic mass is 9.99. The smallest absolute Gasteiger partial charge is 0.251 e. The summed E-state index contributed by atoms with van der Waals surface area (Å²) >= 11 is 0. The van der Waals surface area contributed by atoms with Gasteiger partial charge in [0.25, 0.3) is 5.96 Å². The van der Waals surface area contributed by atoms with E-state index >= 15 is 0 Å². The molecular weight excluding hydrogens is 388 g/mol. The lowest BCUT2D eigenvalue weighted by Crippen LogP contribution is -2.48. The van der Waals surface area contributed by atoms with Gasteiger partial charge in [0, 0.05) is 13.1 Å². The fourth-order valence-electron chi connectivity index (χ4n) is 2.72. The number of carbonyl (C=O) groups excluding carboxylic acids is 2. The van der Waals surface area contributed by atoms with Gasteiger partial charge in [-0.1, -0.05) is 49.6 Å². The molecule has 0 saturated heterocycles. The molecule has 0 fully saturated rings. The lowest BCUT2D eigenvalue weighted by molar-refractivity contribution is -0.525. The Hall–Kier alpha value is -3.17. The van der Waals surface area contributed by atoms with Crippen molar-refractivity contribution < 1.29 is 14.6 Å². The zero-order chi connectivity index (χ0) is 22.5. The minimum atomic E-state index is -0.828. The van der Waals surface area contributed by atoms with Crippen molar-refractivity contribution in [3.63, 3.8) is 0 Å². The third kappa shape index (κ3) is 9.85. The van der Waals surface area contributed by atoms with Crippen LogP contribution in [0.4, 0.5) is 0 Å². The van der Waals surface area contributed by atoms with Crippen molar-refractivity contribution in [1.29, 1.82) is 5.41 Å². The molecule has 30 heavy (non-hydrogen) atoms. The molecular formula is C20H32N6O4. The Labute approximate surface area is 176 Å². The van der Waals surface area contributed by atoms with Gasteiger partial charge in [-0.15, -0.1) is 0 Å². The molecule has 0 aromatic heterocycles. The molecule has 10 nitrogen and oxygen atoms in total. The molecule has 0 saturated carbocycles. The molecule has 166 valence electrons. The number of nitrogens with one attached hydrogen (secondary N) is 5. The van der Waals surface area contributed by atoms with Crippen molar-refractivity contribution in [1.82, 2.24) is 21.4 Å². The van der Waals surface area contributed by atoms with Crippen molar-refractivity contribution in [3.8, 4) is 0 Å². The van der Waals surface area contributed by atoms with E-state index in [4.69, 9.17) is 5.41 Å². The molecule has 1 aromatic rings. The van der Waals surface area contributed by atoms with Gasteiger partial charge in [-0.2, -0.15) is 0 Å². The first kappa shape index (κ1) is 24.9. The monoisotopic (exact) mass is 420 g/mol. The predicted molar refractivity (Wildman–Crippen MR) is 114 cm³/mol. The molecule has 0 spiro atoms. The maximum Gasteiger partial charge on any atom is 0.251 e. The van der Waals surface area contributed by atoms with Gasteiger partial charge in [0.05, 0.1) is 5.92 Å². The van der Waals surface area contributed by atoms with Crippen molar-refractivity contribution in [3.05, 3.63) is 46.0 Å². The number of hydrogen-bond donors (Lipinski definition) is 5. The van der Waals surface area contributed by atoms with Crippen LogP contribution < -0.4 is 21.4 Å². The lowest BCUT2D eigenvalue weighted by Gasteiger charge is -2.21. The molecule has 0 aliphatic heterocycles. The molecule has 0 bridgehead atoms. The number of amides is 2. The van der Waals surface area contributed by atoms with Crippen LogP contribution in [-0.2, 0) is 9.59 Å². The highest BCUT2D eigenvalue weighted by Gasteiger charge is 2.24. The molecule has 0 heterocycles. The number of benzene rings is 1. The van der Waals surface area contributed by atoms with Gasteiger partial charge < -0.3 is 16.0 Å². The van der Waals surface area contributed by atoms with Crippen LogP contribution in [-0.4, -0.2) is 41.9 Å². The molecule has 0 unspecified atom stereocenters. The molecule has 1 rings (SSSR count). The number of rotatable bonds is 12. The predicted octanol–water partition coefficient (Wildman–Crippen LogP) is 1.52. The summed E-state index contributed by atoms with van der Waals surface area (Å²) in [5.41, 5.74) is 2.56. The molecule has 1 aromatic carbocycles. The first-order valence-corrected chi connectivity index (χ1v) is 10.1. The van der Waals surface area contributed by atoms with Crippen molar-refractivity contribution >= 4 is 17.8 Å². The summed E-state index contributed by atoms with van der Waals surface area (Å²) in [5.74, 6) is -0.906. The second-order valence-electron chi connectivity index (χ2n) is 7.48. The molecule has 0 radical (unpaired) electrons. The summed E-state index contributed by atoms with van der Waals surface area (Å²) in [6.45, 7) is 6.68. The minimum absolute atomic E-state index is 0.249. The van der Waals surface area contributed by atoms with Gasteiger partial charge in [0.15, 0.2) is 5.03 Å². The average Bonchev–Trinajstić information content (AvgIpc) is 2.69. The molecule has 0 aliphatic rings. The van der Waals surface area contributed by atoms with Crippen LogP contribution in [0, 0.1) is 21.4 Å². The Morgan fingerprint density at radius 1 is 1.03 bits per heavy atom. The summed E-state index contributed by atoms with van der Waals surface area (Å²) in [6, 6.07) is 8.58. The van der Waals surface area contributed by atoms with Gasteiger partial charge in [-0.3, -0.25) is 15.0 Å². The zero-order valence-corrected chi connectivity index (χ0v) is 17.7. The summed E-state index contributed by atoms with van der Waals surface area (Å²) in [6.07, 6.45) is 1.60. The van der Waals surface area contributed by atoms with E-state index in [9.17, 15) is 19.7 Å². The third-order valence-electron chi connectivity index (χ3n) is 4.52. The second-order valence-corrected chi connectivity index (χ2v) is 7.48. The van der Waals surface area contributed by atoms with Crippen LogP contribution in [0.3, 0.4) is 0 Å². The van der Waals surface area contributed by atoms with Crippen LogP contribution in [0.15, 0.2) is 30.3 Å². The number of hydrazine groups is 1. The van der Waals surface area contributed by atoms with Gasteiger partial charge in [-0.05, 0) is 37.7 Å². The normalized spacial score (nSPS) is 12.5. The van der Waals surface area contributed by atoms with E-state index in [1.54, 1.807) is 12.3 Å². The van der Waals surface area contributed by atoms with Crippen LogP contribution in [0.5, 0.6) is 0 Å². The Morgan fingerprint density at radius 2 is 1.70 bits per heavy atom. The highest BCUT2D eigenvalue weighted by Crippen LogP contribution is 2.15. The number of carbonyl (C=O) groups is 2. The summed E-state index contributed by atoms with van der Waals surface area (Å²) in [7, 11) is 0. The number of nitrogens with zero attached hydrogens (tertiary/aromatic N) is 1. The van der Waals surface area contributed by atoms with Crippen molar-refractivity contribution in [2.45, 2.75) is 52.0 Å². The standard InChI is InChI=1S/C20H32N6O4/c1-14(2)11-13-22-19(28)17(10-7-12-23-20(21)25-26(29)30)24-18(27)15(3)16-8-5-4-6-9-16/h4-6,8-9,14-15,17H,7,10-13H2,1-3H3,(H,22,28)(H,24,27)(H3,21,23,25)/t15-,17-/m0/s1. The Kier molecular flexibility index (Phi) is 10.9. The largest absolute Gasteiger partial charge is 0.354 e. The fourth-order valence-corrected chi connectivity index (χ4v) is 2.72. The maximum absolute atomic E-state index is 12.7. The van der Waals surface area contributed by atoms with Crippen molar-refractivity contribution in [2.75, 3.05) is 13.1 Å². The summed E-state index contributed by atoms with van der Waals surface area (Å²) < 4.78 is 0. The molecule has 5 N–H and O–H groups in total. The molecule has 2 amide bonds. The fraction of sp³-hybridized carbons (Fsp3) is 0.550. The van der Waals surface area contributed by atoms with Crippen LogP contribution in [0.25, 0.3) is 0 Å². The van der Waals surface area contributed by atoms with E-state index in [2.05, 4.69) is 29.8 Å².